The Balaban J connectivity index is 3.07. The predicted octanol–water partition coefficient (Wildman–Crippen LogP) is 1.85. The molecule has 0 radical (unpaired) electrons. The number of hydrogen-bond donors (Lipinski definition) is 1. The molecule has 0 amide bonds. The van der Waals surface area contributed by atoms with Gasteiger partial charge in [0.05, 0.1) is 28.8 Å². The number of nitriles is 2. The fourth-order valence-electron chi connectivity index (χ4n) is 1.64. The molecule has 0 aliphatic carbocycles. The lowest BCUT2D eigenvalue weighted by Gasteiger charge is -2.21. The van der Waals surface area contributed by atoms with Crippen LogP contribution in [-0.4, -0.2) is 24.7 Å². The van der Waals surface area contributed by atoms with E-state index in [-0.39, 0.29) is 11.5 Å². The van der Waals surface area contributed by atoms with Crippen LogP contribution in [0.4, 0.5) is 5.69 Å². The minimum Gasteiger partial charge on any atom is -0.478 e. The van der Waals surface area contributed by atoms with Gasteiger partial charge in [-0.2, -0.15) is 10.5 Å². The maximum Gasteiger partial charge on any atom is 0.335 e. The first-order valence-corrected chi connectivity index (χ1v) is 5.37. The number of carbonyl (C=O) groups is 1. The monoisotopic (exact) mass is 243 g/mol. The summed E-state index contributed by atoms with van der Waals surface area (Å²) in [7, 11) is 1.77. The Morgan fingerprint density at radius 1 is 1.50 bits per heavy atom. The Bertz CT molecular complexity index is 540. The van der Waals surface area contributed by atoms with Gasteiger partial charge in [0, 0.05) is 13.6 Å². The molecule has 1 aromatic rings. The number of benzene rings is 1. The van der Waals surface area contributed by atoms with Crippen LogP contribution in [0.2, 0.25) is 0 Å². The Morgan fingerprint density at radius 3 is 2.67 bits per heavy atom. The quantitative estimate of drug-likeness (QED) is 0.871. The van der Waals surface area contributed by atoms with Crippen molar-refractivity contribution in [1.29, 1.82) is 10.5 Å². The van der Waals surface area contributed by atoms with Crippen molar-refractivity contribution in [2.75, 3.05) is 18.5 Å². The summed E-state index contributed by atoms with van der Waals surface area (Å²) in [6.45, 7) is 2.27. The summed E-state index contributed by atoms with van der Waals surface area (Å²) < 4.78 is 0. The zero-order valence-corrected chi connectivity index (χ0v) is 10.2. The second kappa shape index (κ2) is 5.70. The van der Waals surface area contributed by atoms with Gasteiger partial charge in [0.1, 0.15) is 6.07 Å². The van der Waals surface area contributed by atoms with Gasteiger partial charge < -0.3 is 10.0 Å². The summed E-state index contributed by atoms with van der Waals surface area (Å²) in [5.41, 5.74) is 1.00. The van der Waals surface area contributed by atoms with Gasteiger partial charge in [0.2, 0.25) is 0 Å². The Kier molecular flexibility index (Phi) is 4.28. The smallest absolute Gasteiger partial charge is 0.335 e. The molecular formula is C13H13N3O2. The molecule has 0 heterocycles. The highest BCUT2D eigenvalue weighted by molar-refractivity contribution is 5.89. The Morgan fingerprint density at radius 2 is 2.17 bits per heavy atom. The van der Waals surface area contributed by atoms with Crippen molar-refractivity contribution in [2.45, 2.75) is 6.92 Å². The molecule has 0 aliphatic heterocycles. The molecule has 0 spiro atoms. The molecule has 92 valence electrons. The number of nitrogens with zero attached hydrogens (tertiary/aromatic N) is 3. The first kappa shape index (κ1) is 13.5. The number of aromatic carboxylic acids is 1. The number of anilines is 1. The van der Waals surface area contributed by atoms with E-state index in [0.717, 1.165) is 0 Å². The molecular weight excluding hydrogens is 230 g/mol. The number of rotatable bonds is 4. The summed E-state index contributed by atoms with van der Waals surface area (Å²) in [5, 5.41) is 26.6. The second-order valence-corrected chi connectivity index (χ2v) is 4.06. The lowest BCUT2D eigenvalue weighted by atomic mass is 10.1. The average Bonchev–Trinajstić information content (AvgIpc) is 2.37. The van der Waals surface area contributed by atoms with Crippen LogP contribution < -0.4 is 4.90 Å². The van der Waals surface area contributed by atoms with Crippen molar-refractivity contribution in [2.24, 2.45) is 5.92 Å². The van der Waals surface area contributed by atoms with Gasteiger partial charge >= 0.3 is 5.97 Å². The molecule has 1 aromatic carbocycles. The van der Waals surface area contributed by atoms with E-state index >= 15 is 0 Å². The molecule has 1 atom stereocenters. The summed E-state index contributed by atoms with van der Waals surface area (Å²) >= 11 is 0. The number of carboxylic acids is 1. The number of hydrogen-bond acceptors (Lipinski definition) is 4. The Labute approximate surface area is 105 Å². The van der Waals surface area contributed by atoms with Crippen LogP contribution >= 0.6 is 0 Å². The van der Waals surface area contributed by atoms with Gasteiger partial charge in [-0.15, -0.1) is 0 Å². The highest BCUT2D eigenvalue weighted by atomic mass is 16.4. The SMILES string of the molecule is CC(C#N)CN(C)c1ccc(C(=O)O)cc1C#N. The van der Waals surface area contributed by atoms with E-state index in [1.165, 1.54) is 12.1 Å². The van der Waals surface area contributed by atoms with Gasteiger partial charge in [-0.3, -0.25) is 0 Å². The van der Waals surface area contributed by atoms with Crippen molar-refractivity contribution in [1.82, 2.24) is 0 Å². The van der Waals surface area contributed by atoms with Crippen LogP contribution in [0.25, 0.3) is 0 Å². The van der Waals surface area contributed by atoms with E-state index in [1.54, 1.807) is 24.9 Å². The van der Waals surface area contributed by atoms with Crippen molar-refractivity contribution < 1.29 is 9.90 Å². The molecule has 0 fully saturated rings. The van der Waals surface area contributed by atoms with Crippen molar-refractivity contribution in [3.8, 4) is 12.1 Å². The standard InChI is InChI=1S/C13H13N3O2/c1-9(6-14)8-16(2)12-4-3-10(13(17)18)5-11(12)7-15/h3-5,9H,8H2,1-2H3,(H,17,18). The maximum atomic E-state index is 10.8. The summed E-state index contributed by atoms with van der Waals surface area (Å²) in [5.74, 6) is -1.23. The first-order chi connectivity index (χ1) is 8.49. The summed E-state index contributed by atoms with van der Waals surface area (Å²) in [6, 6.07) is 8.47. The molecule has 0 aromatic heterocycles. The van der Waals surface area contributed by atoms with Crippen molar-refractivity contribution in [3.05, 3.63) is 29.3 Å². The minimum absolute atomic E-state index is 0.0806. The second-order valence-electron chi connectivity index (χ2n) is 4.06. The van der Waals surface area contributed by atoms with E-state index in [2.05, 4.69) is 6.07 Å². The van der Waals surface area contributed by atoms with Crippen LogP contribution in [-0.2, 0) is 0 Å². The zero-order valence-electron chi connectivity index (χ0n) is 10.2. The van der Waals surface area contributed by atoms with Crippen molar-refractivity contribution in [3.63, 3.8) is 0 Å². The van der Waals surface area contributed by atoms with E-state index in [0.29, 0.717) is 17.8 Å². The molecule has 0 bridgehead atoms. The van der Waals surface area contributed by atoms with E-state index < -0.39 is 5.97 Å². The summed E-state index contributed by atoms with van der Waals surface area (Å²) in [4.78, 5) is 12.6. The molecule has 18 heavy (non-hydrogen) atoms. The first-order valence-electron chi connectivity index (χ1n) is 5.37. The largest absolute Gasteiger partial charge is 0.478 e. The molecule has 0 aliphatic rings. The van der Waals surface area contributed by atoms with Gasteiger partial charge in [-0.1, -0.05) is 0 Å². The topological polar surface area (TPSA) is 88.1 Å². The van der Waals surface area contributed by atoms with E-state index in [1.807, 2.05) is 6.07 Å². The minimum atomic E-state index is -1.06. The van der Waals surface area contributed by atoms with E-state index in [4.69, 9.17) is 15.6 Å². The molecule has 0 saturated heterocycles. The van der Waals surface area contributed by atoms with Crippen LogP contribution in [0.15, 0.2) is 18.2 Å². The van der Waals surface area contributed by atoms with E-state index in [9.17, 15) is 4.79 Å². The third kappa shape index (κ3) is 2.99. The third-order valence-corrected chi connectivity index (χ3v) is 2.54. The van der Waals surface area contributed by atoms with Crippen LogP contribution in [0.1, 0.15) is 22.8 Å². The third-order valence-electron chi connectivity index (χ3n) is 2.54. The van der Waals surface area contributed by atoms with Gasteiger partial charge in [0.15, 0.2) is 0 Å². The van der Waals surface area contributed by atoms with Crippen LogP contribution in [0, 0.1) is 28.6 Å². The molecule has 5 heteroatoms. The van der Waals surface area contributed by atoms with Crippen LogP contribution in [0.3, 0.4) is 0 Å². The van der Waals surface area contributed by atoms with Gasteiger partial charge in [-0.25, -0.2) is 4.79 Å². The van der Waals surface area contributed by atoms with Gasteiger partial charge in [-0.05, 0) is 25.1 Å². The fraction of sp³-hybridized carbons (Fsp3) is 0.308. The highest BCUT2D eigenvalue weighted by Crippen LogP contribution is 2.21. The Hall–Kier alpha value is -2.53. The summed E-state index contributed by atoms with van der Waals surface area (Å²) in [6.07, 6.45) is 0. The fourth-order valence-corrected chi connectivity index (χ4v) is 1.64. The van der Waals surface area contributed by atoms with Crippen LogP contribution in [0.5, 0.6) is 0 Å². The molecule has 1 unspecified atom stereocenters. The molecule has 1 rings (SSSR count). The lowest BCUT2D eigenvalue weighted by Crippen LogP contribution is -2.24. The van der Waals surface area contributed by atoms with Gasteiger partial charge in [0.25, 0.3) is 0 Å². The number of carboxylic acid groups (broad SMARTS) is 1. The lowest BCUT2D eigenvalue weighted by molar-refractivity contribution is 0.0697. The molecule has 5 nitrogen and oxygen atoms in total. The molecule has 1 N–H and O–H groups in total. The zero-order chi connectivity index (χ0) is 13.7. The predicted molar refractivity (Wildman–Crippen MR) is 66.2 cm³/mol. The highest BCUT2D eigenvalue weighted by Gasteiger charge is 2.13. The average molecular weight is 243 g/mol. The van der Waals surface area contributed by atoms with Crippen molar-refractivity contribution >= 4 is 11.7 Å². The molecule has 0 saturated carbocycles. The maximum absolute atomic E-state index is 10.8. The normalized spacial score (nSPS) is 11.1.